The first-order valence-corrected chi connectivity index (χ1v) is 7.14. The lowest BCUT2D eigenvalue weighted by atomic mass is 9.91. The van der Waals surface area contributed by atoms with Gasteiger partial charge in [-0.3, -0.25) is 4.79 Å². The summed E-state index contributed by atoms with van der Waals surface area (Å²) in [6.07, 6.45) is 1.74. The van der Waals surface area contributed by atoms with Crippen LogP contribution in [0.15, 0.2) is 24.3 Å². The van der Waals surface area contributed by atoms with Gasteiger partial charge in [0.25, 0.3) is 0 Å². The number of benzene rings is 1. The van der Waals surface area contributed by atoms with Crippen LogP contribution in [0.2, 0.25) is 0 Å². The maximum absolute atomic E-state index is 12.3. The Morgan fingerprint density at radius 3 is 2.21 bits per heavy atom. The third-order valence-electron chi connectivity index (χ3n) is 3.84. The van der Waals surface area contributed by atoms with Crippen molar-refractivity contribution >= 4 is 5.91 Å². The van der Waals surface area contributed by atoms with Crippen molar-refractivity contribution in [1.82, 2.24) is 4.90 Å². The van der Waals surface area contributed by atoms with Gasteiger partial charge in [-0.25, -0.2) is 0 Å². The van der Waals surface area contributed by atoms with Crippen molar-refractivity contribution in [1.29, 1.82) is 0 Å². The van der Waals surface area contributed by atoms with Crippen molar-refractivity contribution < 1.29 is 4.79 Å². The van der Waals surface area contributed by atoms with Crippen LogP contribution in [0.3, 0.4) is 0 Å². The van der Waals surface area contributed by atoms with Gasteiger partial charge in [-0.15, -0.1) is 0 Å². The number of carbonyl (C=O) groups is 1. The predicted molar refractivity (Wildman–Crippen MR) is 77.6 cm³/mol. The summed E-state index contributed by atoms with van der Waals surface area (Å²) in [7, 11) is 0. The Labute approximate surface area is 115 Å². The number of hydrogen-bond acceptors (Lipinski definition) is 2. The molecule has 1 aliphatic heterocycles. The molecule has 0 spiro atoms. The second-order valence-corrected chi connectivity index (χ2v) is 5.94. The van der Waals surface area contributed by atoms with E-state index < -0.39 is 0 Å². The van der Waals surface area contributed by atoms with Crippen LogP contribution in [-0.4, -0.2) is 23.9 Å². The Bertz CT molecular complexity index is 417. The molecule has 0 aromatic heterocycles. The zero-order chi connectivity index (χ0) is 13.8. The molecule has 1 amide bonds. The standard InChI is InChI=1S/C16H24N2O/c1-12-7-13(2)11-18(10-12)16(19)8-14-3-5-15(9-17)6-4-14/h3-6,12-13H,7-11,17H2,1-2H3. The molecular weight excluding hydrogens is 236 g/mol. The average Bonchev–Trinajstić information content (AvgIpc) is 2.38. The van der Waals surface area contributed by atoms with E-state index in [0.717, 1.165) is 24.2 Å². The number of nitrogens with zero attached hydrogens (tertiary/aromatic N) is 1. The number of likely N-dealkylation sites (tertiary alicyclic amines) is 1. The minimum atomic E-state index is 0.249. The third-order valence-corrected chi connectivity index (χ3v) is 3.84. The summed E-state index contributed by atoms with van der Waals surface area (Å²) in [6.45, 7) is 6.82. The van der Waals surface area contributed by atoms with Crippen molar-refractivity contribution in [3.8, 4) is 0 Å². The fourth-order valence-corrected chi connectivity index (χ4v) is 2.95. The summed E-state index contributed by atoms with van der Waals surface area (Å²) in [4.78, 5) is 14.3. The number of hydrogen-bond donors (Lipinski definition) is 1. The van der Waals surface area contributed by atoms with Crippen molar-refractivity contribution in [2.75, 3.05) is 13.1 Å². The maximum Gasteiger partial charge on any atom is 0.227 e. The number of nitrogens with two attached hydrogens (primary N) is 1. The fraction of sp³-hybridized carbons (Fsp3) is 0.562. The predicted octanol–water partition coefficient (Wildman–Crippen LogP) is 2.19. The average molecular weight is 260 g/mol. The molecule has 2 N–H and O–H groups in total. The van der Waals surface area contributed by atoms with E-state index in [0.29, 0.717) is 24.8 Å². The molecule has 1 fully saturated rings. The highest BCUT2D eigenvalue weighted by Gasteiger charge is 2.25. The highest BCUT2D eigenvalue weighted by Crippen LogP contribution is 2.21. The SMILES string of the molecule is CC1CC(C)CN(C(=O)Cc2ccc(CN)cc2)C1. The zero-order valence-electron chi connectivity index (χ0n) is 11.9. The van der Waals surface area contributed by atoms with Gasteiger partial charge in [-0.1, -0.05) is 38.1 Å². The van der Waals surface area contributed by atoms with E-state index in [4.69, 9.17) is 5.73 Å². The molecule has 0 saturated carbocycles. The topological polar surface area (TPSA) is 46.3 Å². The summed E-state index contributed by atoms with van der Waals surface area (Å²) >= 11 is 0. The number of carbonyl (C=O) groups excluding carboxylic acids is 1. The molecule has 1 aliphatic rings. The molecule has 2 atom stereocenters. The molecule has 0 aliphatic carbocycles. The molecule has 3 nitrogen and oxygen atoms in total. The van der Waals surface area contributed by atoms with E-state index in [2.05, 4.69) is 13.8 Å². The first-order valence-electron chi connectivity index (χ1n) is 7.14. The van der Waals surface area contributed by atoms with Crippen LogP contribution in [0.1, 0.15) is 31.4 Å². The normalized spacial score (nSPS) is 23.4. The van der Waals surface area contributed by atoms with E-state index in [-0.39, 0.29) is 5.91 Å². The molecule has 104 valence electrons. The van der Waals surface area contributed by atoms with Crippen LogP contribution in [0.5, 0.6) is 0 Å². The summed E-state index contributed by atoms with van der Waals surface area (Å²) in [6, 6.07) is 8.03. The van der Waals surface area contributed by atoms with Gasteiger partial charge in [0, 0.05) is 19.6 Å². The highest BCUT2D eigenvalue weighted by atomic mass is 16.2. The lowest BCUT2D eigenvalue weighted by Gasteiger charge is -2.35. The second kappa shape index (κ2) is 6.20. The van der Waals surface area contributed by atoms with Gasteiger partial charge in [0.05, 0.1) is 6.42 Å². The Morgan fingerprint density at radius 1 is 1.16 bits per heavy atom. The molecule has 19 heavy (non-hydrogen) atoms. The molecule has 1 aromatic carbocycles. The quantitative estimate of drug-likeness (QED) is 0.905. The van der Waals surface area contributed by atoms with E-state index in [1.165, 1.54) is 6.42 Å². The minimum absolute atomic E-state index is 0.249. The van der Waals surface area contributed by atoms with Crippen molar-refractivity contribution in [2.24, 2.45) is 17.6 Å². The zero-order valence-corrected chi connectivity index (χ0v) is 11.9. The third kappa shape index (κ3) is 3.80. The minimum Gasteiger partial charge on any atom is -0.342 e. The molecule has 1 heterocycles. The van der Waals surface area contributed by atoms with E-state index in [9.17, 15) is 4.79 Å². The van der Waals surface area contributed by atoms with Crippen LogP contribution >= 0.6 is 0 Å². The maximum atomic E-state index is 12.3. The Kier molecular flexibility index (Phi) is 4.59. The van der Waals surface area contributed by atoms with E-state index in [1.54, 1.807) is 0 Å². The van der Waals surface area contributed by atoms with Crippen LogP contribution in [0.25, 0.3) is 0 Å². The Hall–Kier alpha value is -1.35. The number of piperidine rings is 1. The largest absolute Gasteiger partial charge is 0.342 e. The van der Waals surface area contributed by atoms with Gasteiger partial charge in [0.2, 0.25) is 5.91 Å². The molecule has 1 saturated heterocycles. The summed E-state index contributed by atoms with van der Waals surface area (Å²) in [5.74, 6) is 1.48. The number of rotatable bonds is 3. The van der Waals surface area contributed by atoms with E-state index >= 15 is 0 Å². The fourth-order valence-electron chi connectivity index (χ4n) is 2.95. The van der Waals surface area contributed by atoms with Crippen molar-refractivity contribution in [3.05, 3.63) is 35.4 Å². The van der Waals surface area contributed by atoms with Gasteiger partial charge in [-0.05, 0) is 29.4 Å². The monoisotopic (exact) mass is 260 g/mol. The summed E-state index contributed by atoms with van der Waals surface area (Å²) < 4.78 is 0. The summed E-state index contributed by atoms with van der Waals surface area (Å²) in [5.41, 5.74) is 7.76. The molecule has 0 radical (unpaired) electrons. The Morgan fingerprint density at radius 2 is 1.68 bits per heavy atom. The van der Waals surface area contributed by atoms with Crippen LogP contribution < -0.4 is 5.73 Å². The second-order valence-electron chi connectivity index (χ2n) is 5.94. The van der Waals surface area contributed by atoms with Crippen LogP contribution in [0, 0.1) is 11.8 Å². The van der Waals surface area contributed by atoms with Crippen molar-refractivity contribution in [3.63, 3.8) is 0 Å². The van der Waals surface area contributed by atoms with Crippen LogP contribution in [0.4, 0.5) is 0 Å². The Balaban J connectivity index is 1.96. The summed E-state index contributed by atoms with van der Waals surface area (Å²) in [5, 5.41) is 0. The molecule has 1 aromatic rings. The molecule has 2 unspecified atom stereocenters. The lowest BCUT2D eigenvalue weighted by Crippen LogP contribution is -2.43. The molecule has 0 bridgehead atoms. The first kappa shape index (κ1) is 14.1. The number of amides is 1. The first-order chi connectivity index (χ1) is 9.08. The van der Waals surface area contributed by atoms with Gasteiger partial charge in [0.1, 0.15) is 0 Å². The van der Waals surface area contributed by atoms with Crippen LogP contribution in [-0.2, 0) is 17.8 Å². The smallest absolute Gasteiger partial charge is 0.227 e. The highest BCUT2D eigenvalue weighted by molar-refractivity contribution is 5.78. The van der Waals surface area contributed by atoms with Gasteiger partial charge >= 0.3 is 0 Å². The molecular formula is C16H24N2O. The molecule has 3 heteroatoms. The molecule has 2 rings (SSSR count). The van der Waals surface area contributed by atoms with Crippen molar-refractivity contribution in [2.45, 2.75) is 33.2 Å². The van der Waals surface area contributed by atoms with Gasteiger partial charge in [0.15, 0.2) is 0 Å². The van der Waals surface area contributed by atoms with Gasteiger partial charge < -0.3 is 10.6 Å². The van der Waals surface area contributed by atoms with E-state index in [1.807, 2.05) is 29.2 Å². The lowest BCUT2D eigenvalue weighted by molar-refractivity contribution is -0.133. The van der Waals surface area contributed by atoms with Gasteiger partial charge in [-0.2, -0.15) is 0 Å².